The standard InChI is InChI=1S/C23H18ClN5O2S/c1-2-29-19-12-15(31-21-5-3-4-10-25-21)7-8-16(19)22(28-29)20(30)13-32-23-26-17-9-6-14(24)11-18(17)27-23/h3-12H,2,13H2,1H3,(H,26,27). The zero-order valence-corrected chi connectivity index (χ0v) is 18.7. The molecule has 3 heterocycles. The summed E-state index contributed by atoms with van der Waals surface area (Å²) in [6, 6.07) is 16.5. The Hall–Kier alpha value is -3.36. The van der Waals surface area contributed by atoms with E-state index >= 15 is 0 Å². The fourth-order valence-corrected chi connectivity index (χ4v) is 4.34. The first-order chi connectivity index (χ1) is 15.6. The van der Waals surface area contributed by atoms with Gasteiger partial charge in [-0.25, -0.2) is 9.97 Å². The van der Waals surface area contributed by atoms with Gasteiger partial charge < -0.3 is 9.72 Å². The minimum atomic E-state index is -0.0657. The third kappa shape index (κ3) is 4.06. The topological polar surface area (TPSA) is 85.7 Å². The fourth-order valence-electron chi connectivity index (χ4n) is 3.42. The van der Waals surface area contributed by atoms with Crippen molar-refractivity contribution in [1.82, 2.24) is 24.7 Å². The smallest absolute Gasteiger partial charge is 0.219 e. The lowest BCUT2D eigenvalue weighted by Crippen LogP contribution is -2.05. The number of hydrogen-bond acceptors (Lipinski definition) is 6. The van der Waals surface area contributed by atoms with Gasteiger partial charge in [0.2, 0.25) is 5.88 Å². The molecule has 7 nitrogen and oxygen atoms in total. The van der Waals surface area contributed by atoms with E-state index in [0.717, 1.165) is 21.9 Å². The highest BCUT2D eigenvalue weighted by Crippen LogP contribution is 2.28. The van der Waals surface area contributed by atoms with Crippen molar-refractivity contribution in [3.8, 4) is 11.6 Å². The molecule has 0 spiro atoms. The molecule has 0 saturated carbocycles. The van der Waals surface area contributed by atoms with Crippen LogP contribution in [0.2, 0.25) is 5.02 Å². The molecule has 5 rings (SSSR count). The Labute approximate surface area is 192 Å². The Morgan fingerprint density at radius 2 is 2.09 bits per heavy atom. The summed E-state index contributed by atoms with van der Waals surface area (Å²) in [6.07, 6.45) is 1.68. The van der Waals surface area contributed by atoms with E-state index in [1.807, 2.05) is 54.1 Å². The minimum absolute atomic E-state index is 0.0657. The van der Waals surface area contributed by atoms with Crippen LogP contribution < -0.4 is 4.74 Å². The molecule has 0 aliphatic heterocycles. The number of Topliss-reactive ketones (excluding diaryl/α,β-unsaturated/α-hetero) is 1. The van der Waals surface area contributed by atoms with Gasteiger partial charge >= 0.3 is 0 Å². The van der Waals surface area contributed by atoms with Crippen LogP contribution in [0.3, 0.4) is 0 Å². The van der Waals surface area contributed by atoms with Crippen LogP contribution in [0.25, 0.3) is 21.9 Å². The fraction of sp³-hybridized carbons (Fsp3) is 0.130. The number of fused-ring (bicyclic) bond motifs is 2. The monoisotopic (exact) mass is 463 g/mol. The number of imidazole rings is 1. The molecule has 0 atom stereocenters. The zero-order valence-electron chi connectivity index (χ0n) is 17.1. The number of carbonyl (C=O) groups is 1. The molecule has 3 aromatic heterocycles. The van der Waals surface area contributed by atoms with Crippen LogP contribution in [0.5, 0.6) is 11.6 Å². The van der Waals surface area contributed by atoms with Crippen molar-refractivity contribution in [3.05, 3.63) is 71.5 Å². The van der Waals surface area contributed by atoms with Gasteiger partial charge in [-0.1, -0.05) is 29.4 Å². The summed E-state index contributed by atoms with van der Waals surface area (Å²) in [7, 11) is 0. The highest BCUT2D eigenvalue weighted by atomic mass is 35.5. The number of aromatic nitrogens is 5. The lowest BCUT2D eigenvalue weighted by atomic mass is 10.1. The van der Waals surface area contributed by atoms with Gasteiger partial charge in [-0.3, -0.25) is 9.48 Å². The van der Waals surface area contributed by atoms with Crippen molar-refractivity contribution in [3.63, 3.8) is 0 Å². The summed E-state index contributed by atoms with van der Waals surface area (Å²) < 4.78 is 7.64. The largest absolute Gasteiger partial charge is 0.439 e. The molecule has 0 fully saturated rings. The molecule has 5 aromatic rings. The lowest BCUT2D eigenvalue weighted by molar-refractivity contribution is 0.101. The van der Waals surface area contributed by atoms with Crippen molar-refractivity contribution in [2.24, 2.45) is 0 Å². The number of halogens is 1. The van der Waals surface area contributed by atoms with Crippen LogP contribution in [0.4, 0.5) is 0 Å². The van der Waals surface area contributed by atoms with Crippen molar-refractivity contribution >= 4 is 51.1 Å². The number of aromatic amines is 1. The van der Waals surface area contributed by atoms with E-state index in [-0.39, 0.29) is 11.5 Å². The molecule has 0 bridgehead atoms. The number of ether oxygens (including phenoxy) is 1. The highest BCUT2D eigenvalue weighted by molar-refractivity contribution is 7.99. The average molecular weight is 464 g/mol. The van der Waals surface area contributed by atoms with E-state index in [4.69, 9.17) is 16.3 Å². The van der Waals surface area contributed by atoms with Gasteiger partial charge in [0.05, 0.1) is 22.3 Å². The Bertz CT molecular complexity index is 1430. The maximum absolute atomic E-state index is 13.0. The third-order valence-corrected chi connectivity index (χ3v) is 6.02. The molecule has 9 heteroatoms. The number of aryl methyl sites for hydroxylation is 1. The van der Waals surface area contributed by atoms with Crippen molar-refractivity contribution < 1.29 is 9.53 Å². The van der Waals surface area contributed by atoms with Gasteiger partial charge in [0, 0.05) is 35.3 Å². The molecular weight excluding hydrogens is 446 g/mol. The van der Waals surface area contributed by atoms with E-state index in [1.165, 1.54) is 11.8 Å². The highest BCUT2D eigenvalue weighted by Gasteiger charge is 2.18. The first-order valence-electron chi connectivity index (χ1n) is 10.0. The number of hydrogen-bond donors (Lipinski definition) is 1. The van der Waals surface area contributed by atoms with Gasteiger partial charge in [-0.2, -0.15) is 5.10 Å². The number of carbonyl (C=O) groups excluding carboxylic acids is 1. The number of nitrogens with one attached hydrogen (secondary N) is 1. The summed E-state index contributed by atoms with van der Waals surface area (Å²) in [5.41, 5.74) is 2.93. The summed E-state index contributed by atoms with van der Waals surface area (Å²) >= 11 is 7.38. The van der Waals surface area contributed by atoms with Gasteiger partial charge in [-0.15, -0.1) is 0 Å². The number of thioether (sulfide) groups is 1. The molecule has 0 radical (unpaired) electrons. The average Bonchev–Trinajstić information content (AvgIpc) is 3.38. The number of ketones is 1. The van der Waals surface area contributed by atoms with Crippen LogP contribution in [-0.4, -0.2) is 36.3 Å². The van der Waals surface area contributed by atoms with Crippen LogP contribution >= 0.6 is 23.4 Å². The summed E-state index contributed by atoms with van der Waals surface area (Å²) in [5.74, 6) is 1.30. The van der Waals surface area contributed by atoms with E-state index in [1.54, 1.807) is 18.3 Å². The molecule has 0 aliphatic carbocycles. The zero-order chi connectivity index (χ0) is 22.1. The number of benzene rings is 2. The van der Waals surface area contributed by atoms with E-state index in [9.17, 15) is 4.79 Å². The Balaban J connectivity index is 1.38. The minimum Gasteiger partial charge on any atom is -0.439 e. The van der Waals surface area contributed by atoms with E-state index in [0.29, 0.717) is 34.0 Å². The quantitative estimate of drug-likeness (QED) is 0.244. The van der Waals surface area contributed by atoms with E-state index < -0.39 is 0 Å². The molecule has 160 valence electrons. The number of nitrogens with zero attached hydrogens (tertiary/aromatic N) is 4. The summed E-state index contributed by atoms with van der Waals surface area (Å²) in [6.45, 7) is 2.62. The van der Waals surface area contributed by atoms with Crippen molar-refractivity contribution in [2.75, 3.05) is 5.75 Å². The molecule has 0 unspecified atom stereocenters. The van der Waals surface area contributed by atoms with Crippen LogP contribution in [0.1, 0.15) is 17.4 Å². The Morgan fingerprint density at radius 3 is 2.91 bits per heavy atom. The Kier molecular flexibility index (Phi) is 5.55. The summed E-state index contributed by atoms with van der Waals surface area (Å²) in [5, 5.41) is 6.65. The van der Waals surface area contributed by atoms with Gasteiger partial charge in [0.15, 0.2) is 10.9 Å². The normalized spacial score (nSPS) is 11.3. The second kappa shape index (κ2) is 8.64. The molecule has 0 amide bonds. The number of rotatable bonds is 7. The Morgan fingerprint density at radius 1 is 1.19 bits per heavy atom. The molecular formula is C23H18ClN5O2S. The van der Waals surface area contributed by atoms with Crippen LogP contribution in [0, 0.1) is 0 Å². The van der Waals surface area contributed by atoms with Crippen LogP contribution in [0.15, 0.2) is 66.0 Å². The molecule has 2 aromatic carbocycles. The second-order valence-electron chi connectivity index (χ2n) is 7.03. The SMILES string of the molecule is CCn1nc(C(=O)CSc2nc3ccc(Cl)cc3[nH]2)c2ccc(Oc3ccccn3)cc21. The number of H-pyrrole nitrogens is 1. The maximum Gasteiger partial charge on any atom is 0.219 e. The van der Waals surface area contributed by atoms with E-state index in [2.05, 4.69) is 20.1 Å². The maximum atomic E-state index is 13.0. The van der Waals surface area contributed by atoms with Gasteiger partial charge in [0.1, 0.15) is 11.4 Å². The third-order valence-electron chi connectivity index (χ3n) is 4.91. The van der Waals surface area contributed by atoms with Crippen LogP contribution in [-0.2, 0) is 6.54 Å². The van der Waals surface area contributed by atoms with Crippen molar-refractivity contribution in [1.29, 1.82) is 0 Å². The van der Waals surface area contributed by atoms with Gasteiger partial charge in [0.25, 0.3) is 0 Å². The van der Waals surface area contributed by atoms with Gasteiger partial charge in [-0.05, 0) is 43.3 Å². The second-order valence-corrected chi connectivity index (χ2v) is 8.43. The summed E-state index contributed by atoms with van der Waals surface area (Å²) in [4.78, 5) is 24.9. The first kappa shape index (κ1) is 20.5. The predicted octanol–water partition coefficient (Wildman–Crippen LogP) is 5.75. The first-order valence-corrected chi connectivity index (χ1v) is 11.4. The molecule has 1 N–H and O–H groups in total. The lowest BCUT2D eigenvalue weighted by Gasteiger charge is -2.05. The van der Waals surface area contributed by atoms with Crippen molar-refractivity contribution in [2.45, 2.75) is 18.6 Å². The molecule has 0 saturated heterocycles. The predicted molar refractivity (Wildman–Crippen MR) is 126 cm³/mol. The molecule has 32 heavy (non-hydrogen) atoms. The number of pyridine rings is 1. The molecule has 0 aliphatic rings.